The topological polar surface area (TPSA) is 67.6 Å². The number of ether oxygens (including phenoxy) is 1. The molecule has 24 heavy (non-hydrogen) atoms. The molecule has 3 rings (SSSR count). The molecule has 0 atom stereocenters. The Bertz CT molecular complexity index is 550. The maximum atomic E-state index is 13.0. The number of piperidine rings is 1. The van der Waals surface area contributed by atoms with Crippen LogP contribution in [0.4, 0.5) is 4.39 Å². The summed E-state index contributed by atoms with van der Waals surface area (Å²) in [4.78, 5) is 14.8. The summed E-state index contributed by atoms with van der Waals surface area (Å²) in [5.41, 5.74) is 6.57. The molecule has 2 fully saturated rings. The number of amides is 1. The number of hydrogen-bond donors (Lipinski definition) is 2. The Balaban J connectivity index is 1.45. The van der Waals surface area contributed by atoms with Crippen LogP contribution in [0.25, 0.3) is 0 Å². The fourth-order valence-electron chi connectivity index (χ4n) is 3.38. The number of hydrogen-bond acceptors (Lipinski definition) is 4. The van der Waals surface area contributed by atoms with Crippen LogP contribution in [0.2, 0.25) is 0 Å². The average Bonchev–Trinajstić information content (AvgIpc) is 2.59. The monoisotopic (exact) mass is 335 g/mol. The van der Waals surface area contributed by atoms with Gasteiger partial charge in [0.2, 0.25) is 5.91 Å². The highest BCUT2D eigenvalue weighted by atomic mass is 19.1. The van der Waals surface area contributed by atoms with Crippen molar-refractivity contribution in [1.82, 2.24) is 10.2 Å². The second kappa shape index (κ2) is 7.59. The van der Waals surface area contributed by atoms with Crippen LogP contribution in [-0.4, -0.2) is 48.7 Å². The first kappa shape index (κ1) is 17.3. The predicted molar refractivity (Wildman–Crippen MR) is 89.8 cm³/mol. The van der Waals surface area contributed by atoms with Gasteiger partial charge in [0.1, 0.15) is 5.82 Å². The van der Waals surface area contributed by atoms with E-state index in [1.165, 1.54) is 12.1 Å². The van der Waals surface area contributed by atoms with Gasteiger partial charge in [-0.1, -0.05) is 12.1 Å². The van der Waals surface area contributed by atoms with Gasteiger partial charge in [0.15, 0.2) is 0 Å². The van der Waals surface area contributed by atoms with Crippen molar-refractivity contribution in [3.05, 3.63) is 35.6 Å². The molecule has 132 valence electrons. The van der Waals surface area contributed by atoms with E-state index < -0.39 is 5.54 Å². The van der Waals surface area contributed by atoms with Crippen molar-refractivity contribution in [2.24, 2.45) is 5.73 Å². The normalized spacial score (nSPS) is 22.2. The van der Waals surface area contributed by atoms with E-state index in [0.717, 1.165) is 38.0 Å². The van der Waals surface area contributed by atoms with Crippen molar-refractivity contribution in [3.8, 4) is 0 Å². The summed E-state index contributed by atoms with van der Waals surface area (Å²) in [5, 5.41) is 3.13. The fraction of sp³-hybridized carbons (Fsp3) is 0.611. The Morgan fingerprint density at radius 2 is 1.88 bits per heavy atom. The molecule has 0 radical (unpaired) electrons. The summed E-state index contributed by atoms with van der Waals surface area (Å²) in [6, 6.07) is 6.83. The van der Waals surface area contributed by atoms with Gasteiger partial charge >= 0.3 is 0 Å². The van der Waals surface area contributed by atoms with Crippen molar-refractivity contribution in [2.45, 2.75) is 43.8 Å². The van der Waals surface area contributed by atoms with E-state index in [2.05, 4.69) is 10.2 Å². The van der Waals surface area contributed by atoms with E-state index >= 15 is 0 Å². The molecule has 2 aliphatic rings. The zero-order valence-corrected chi connectivity index (χ0v) is 14.0. The van der Waals surface area contributed by atoms with E-state index in [9.17, 15) is 9.18 Å². The van der Waals surface area contributed by atoms with Crippen molar-refractivity contribution >= 4 is 5.91 Å². The largest absolute Gasteiger partial charge is 0.381 e. The number of halogens is 1. The summed E-state index contributed by atoms with van der Waals surface area (Å²) >= 11 is 0. The summed E-state index contributed by atoms with van der Waals surface area (Å²) in [5.74, 6) is -0.244. The zero-order chi connectivity index (χ0) is 17.0. The van der Waals surface area contributed by atoms with Crippen LogP contribution in [-0.2, 0) is 16.1 Å². The summed E-state index contributed by atoms with van der Waals surface area (Å²) in [7, 11) is 0. The molecule has 0 unspecified atom stereocenters. The minimum atomic E-state index is -0.774. The van der Waals surface area contributed by atoms with Gasteiger partial charge in [0, 0.05) is 38.9 Å². The lowest BCUT2D eigenvalue weighted by atomic mass is 9.89. The highest BCUT2D eigenvalue weighted by Gasteiger charge is 2.37. The molecule has 0 saturated carbocycles. The minimum absolute atomic E-state index is 0.0391. The number of carbonyl (C=O) groups excluding carboxylic acids is 1. The fourth-order valence-corrected chi connectivity index (χ4v) is 3.38. The molecule has 1 aromatic rings. The van der Waals surface area contributed by atoms with Crippen LogP contribution in [0.5, 0.6) is 0 Å². The molecule has 6 heteroatoms. The van der Waals surface area contributed by atoms with Crippen LogP contribution in [0.15, 0.2) is 24.3 Å². The molecule has 5 nitrogen and oxygen atoms in total. The molecule has 1 amide bonds. The number of rotatable bonds is 4. The van der Waals surface area contributed by atoms with Crippen molar-refractivity contribution in [2.75, 3.05) is 26.3 Å². The van der Waals surface area contributed by atoms with Gasteiger partial charge in [-0.25, -0.2) is 4.39 Å². The smallest absolute Gasteiger partial charge is 0.240 e. The van der Waals surface area contributed by atoms with E-state index in [1.807, 2.05) is 12.1 Å². The third kappa shape index (κ3) is 4.32. The number of nitrogens with zero attached hydrogens (tertiary/aromatic N) is 1. The number of nitrogens with two attached hydrogens (primary N) is 1. The zero-order valence-electron chi connectivity index (χ0n) is 14.0. The Morgan fingerprint density at radius 1 is 1.25 bits per heavy atom. The quantitative estimate of drug-likeness (QED) is 0.873. The van der Waals surface area contributed by atoms with Crippen LogP contribution < -0.4 is 11.1 Å². The Hall–Kier alpha value is -1.50. The Kier molecular flexibility index (Phi) is 5.48. The van der Waals surface area contributed by atoms with Crippen LogP contribution in [0, 0.1) is 5.82 Å². The lowest BCUT2D eigenvalue weighted by Gasteiger charge is -2.36. The van der Waals surface area contributed by atoms with E-state index in [4.69, 9.17) is 10.5 Å². The average molecular weight is 335 g/mol. The van der Waals surface area contributed by atoms with Crippen molar-refractivity contribution in [3.63, 3.8) is 0 Å². The maximum Gasteiger partial charge on any atom is 0.240 e. The lowest BCUT2D eigenvalue weighted by Crippen LogP contribution is -2.59. The summed E-state index contributed by atoms with van der Waals surface area (Å²) in [6.45, 7) is 3.77. The van der Waals surface area contributed by atoms with Crippen LogP contribution in [0.1, 0.15) is 31.2 Å². The van der Waals surface area contributed by atoms with Crippen molar-refractivity contribution in [1.29, 1.82) is 0 Å². The summed E-state index contributed by atoms with van der Waals surface area (Å²) < 4.78 is 18.2. The molecule has 0 aliphatic carbocycles. The highest BCUT2D eigenvalue weighted by Crippen LogP contribution is 2.20. The van der Waals surface area contributed by atoms with E-state index in [0.29, 0.717) is 26.1 Å². The van der Waals surface area contributed by atoms with Crippen LogP contribution >= 0.6 is 0 Å². The summed E-state index contributed by atoms with van der Waals surface area (Å²) in [6.07, 6.45) is 3.00. The van der Waals surface area contributed by atoms with E-state index in [1.54, 1.807) is 0 Å². The minimum Gasteiger partial charge on any atom is -0.381 e. The molecule has 0 spiro atoms. The van der Waals surface area contributed by atoms with Crippen molar-refractivity contribution < 1.29 is 13.9 Å². The molecular formula is C18H26FN3O2. The standard InChI is InChI=1S/C18H26FN3O2/c19-15-3-1-14(2-4-15)13-22-9-5-16(6-10-22)21-17(23)18(20)7-11-24-12-8-18/h1-4,16H,5-13,20H2,(H,21,23). The van der Waals surface area contributed by atoms with Gasteiger partial charge in [-0.15, -0.1) is 0 Å². The Morgan fingerprint density at radius 3 is 2.50 bits per heavy atom. The second-order valence-corrected chi connectivity index (χ2v) is 6.92. The number of likely N-dealkylation sites (tertiary alicyclic amines) is 1. The van der Waals surface area contributed by atoms with Gasteiger partial charge in [0.05, 0.1) is 5.54 Å². The Labute approximate surface area is 142 Å². The third-order valence-electron chi connectivity index (χ3n) is 5.08. The number of nitrogens with one attached hydrogen (secondary N) is 1. The van der Waals surface area contributed by atoms with Gasteiger partial charge in [-0.3, -0.25) is 9.69 Å². The van der Waals surface area contributed by atoms with Gasteiger partial charge < -0.3 is 15.8 Å². The maximum absolute atomic E-state index is 13.0. The lowest BCUT2D eigenvalue weighted by molar-refractivity contribution is -0.130. The van der Waals surface area contributed by atoms with Gasteiger partial charge in [-0.05, 0) is 43.4 Å². The molecular weight excluding hydrogens is 309 g/mol. The first-order valence-electron chi connectivity index (χ1n) is 8.70. The number of benzene rings is 1. The molecule has 0 bridgehead atoms. The molecule has 2 saturated heterocycles. The van der Waals surface area contributed by atoms with Crippen LogP contribution in [0.3, 0.4) is 0 Å². The molecule has 1 aromatic carbocycles. The third-order valence-corrected chi connectivity index (χ3v) is 5.08. The predicted octanol–water partition coefficient (Wildman–Crippen LogP) is 1.41. The second-order valence-electron chi connectivity index (χ2n) is 6.92. The molecule has 2 aliphatic heterocycles. The first-order chi connectivity index (χ1) is 11.5. The molecule has 2 heterocycles. The molecule has 0 aromatic heterocycles. The van der Waals surface area contributed by atoms with E-state index in [-0.39, 0.29) is 17.8 Å². The van der Waals surface area contributed by atoms with Gasteiger partial charge in [0.25, 0.3) is 0 Å². The van der Waals surface area contributed by atoms with Gasteiger partial charge in [-0.2, -0.15) is 0 Å². The molecule has 3 N–H and O–H groups in total. The first-order valence-corrected chi connectivity index (χ1v) is 8.70. The highest BCUT2D eigenvalue weighted by molar-refractivity contribution is 5.86. The SMILES string of the molecule is NC1(C(=O)NC2CCN(Cc3ccc(F)cc3)CC2)CCOCC1. The number of carbonyl (C=O) groups is 1.